The maximum Gasteiger partial charge on any atom is 0.229 e. The molecule has 1 amide bonds. The molecule has 0 aliphatic heterocycles. The van der Waals surface area contributed by atoms with E-state index in [1.807, 2.05) is 0 Å². The molecule has 19 heavy (non-hydrogen) atoms. The molecule has 2 aliphatic carbocycles. The Kier molecular flexibility index (Phi) is 3.56. The van der Waals surface area contributed by atoms with Gasteiger partial charge in [0.05, 0.1) is 0 Å². The molecule has 2 fully saturated rings. The van der Waals surface area contributed by atoms with Gasteiger partial charge in [-0.15, -0.1) is 10.2 Å². The molecule has 1 aromatic rings. The van der Waals surface area contributed by atoms with E-state index in [0.29, 0.717) is 17.0 Å². The standard InChI is InChI=1S/C14H21N3OS/c1-8(2)5-12-16-17-14(19-12)15-13(18)11-7-9-3-4-10(11)6-9/h8-11H,3-7H2,1-2H3,(H,15,17,18). The van der Waals surface area contributed by atoms with E-state index in [2.05, 4.69) is 29.4 Å². The molecule has 2 saturated carbocycles. The molecular formula is C14H21N3OS. The van der Waals surface area contributed by atoms with Gasteiger partial charge >= 0.3 is 0 Å². The third kappa shape index (κ3) is 2.81. The number of anilines is 1. The van der Waals surface area contributed by atoms with Crippen LogP contribution >= 0.6 is 11.3 Å². The van der Waals surface area contributed by atoms with Crippen LogP contribution in [0.25, 0.3) is 0 Å². The van der Waals surface area contributed by atoms with Crippen LogP contribution in [0.2, 0.25) is 0 Å². The predicted molar refractivity (Wildman–Crippen MR) is 76.0 cm³/mol. The fraction of sp³-hybridized carbons (Fsp3) is 0.786. The lowest BCUT2D eigenvalue weighted by Gasteiger charge is -2.19. The van der Waals surface area contributed by atoms with Crippen molar-refractivity contribution in [1.82, 2.24) is 10.2 Å². The molecule has 2 aliphatic rings. The molecule has 3 rings (SSSR count). The van der Waals surface area contributed by atoms with Gasteiger partial charge in [0.1, 0.15) is 5.01 Å². The summed E-state index contributed by atoms with van der Waals surface area (Å²) in [7, 11) is 0. The van der Waals surface area contributed by atoms with Gasteiger partial charge in [-0.2, -0.15) is 0 Å². The number of nitrogens with one attached hydrogen (secondary N) is 1. The summed E-state index contributed by atoms with van der Waals surface area (Å²) in [5.74, 6) is 2.37. The first-order valence-corrected chi connectivity index (χ1v) is 8.06. The summed E-state index contributed by atoms with van der Waals surface area (Å²) in [6, 6.07) is 0. The molecule has 1 aromatic heterocycles. The highest BCUT2D eigenvalue weighted by Crippen LogP contribution is 2.48. The highest BCUT2D eigenvalue weighted by atomic mass is 32.1. The minimum Gasteiger partial charge on any atom is -0.300 e. The Labute approximate surface area is 118 Å². The molecule has 5 heteroatoms. The lowest BCUT2D eigenvalue weighted by Crippen LogP contribution is -2.27. The van der Waals surface area contributed by atoms with E-state index in [4.69, 9.17) is 0 Å². The van der Waals surface area contributed by atoms with Gasteiger partial charge in [-0.25, -0.2) is 0 Å². The Morgan fingerprint density at radius 3 is 2.84 bits per heavy atom. The zero-order valence-electron chi connectivity index (χ0n) is 11.6. The zero-order valence-corrected chi connectivity index (χ0v) is 12.4. The summed E-state index contributed by atoms with van der Waals surface area (Å²) in [5.41, 5.74) is 0. The molecule has 0 aromatic carbocycles. The monoisotopic (exact) mass is 279 g/mol. The number of carbonyl (C=O) groups excluding carboxylic acids is 1. The van der Waals surface area contributed by atoms with Crippen LogP contribution in [0.15, 0.2) is 0 Å². The van der Waals surface area contributed by atoms with E-state index >= 15 is 0 Å². The summed E-state index contributed by atoms with van der Waals surface area (Å²) in [4.78, 5) is 12.3. The lowest BCUT2D eigenvalue weighted by atomic mass is 9.88. The second kappa shape index (κ2) is 5.19. The number of carbonyl (C=O) groups is 1. The van der Waals surface area contributed by atoms with Gasteiger partial charge in [0, 0.05) is 12.3 Å². The van der Waals surface area contributed by atoms with Gasteiger partial charge in [0.2, 0.25) is 11.0 Å². The van der Waals surface area contributed by atoms with Crippen LogP contribution in [0.1, 0.15) is 44.5 Å². The van der Waals surface area contributed by atoms with E-state index in [-0.39, 0.29) is 11.8 Å². The Bertz CT molecular complexity index is 471. The van der Waals surface area contributed by atoms with Gasteiger partial charge in [-0.3, -0.25) is 4.79 Å². The number of aromatic nitrogens is 2. The van der Waals surface area contributed by atoms with E-state index in [1.54, 1.807) is 0 Å². The maximum absolute atomic E-state index is 12.3. The molecule has 1 heterocycles. The van der Waals surface area contributed by atoms with Gasteiger partial charge in [0.25, 0.3) is 0 Å². The minimum absolute atomic E-state index is 0.166. The average molecular weight is 279 g/mol. The number of hydrogen-bond acceptors (Lipinski definition) is 4. The van der Waals surface area contributed by atoms with Crippen LogP contribution in [0.3, 0.4) is 0 Å². The first-order chi connectivity index (χ1) is 9.11. The molecule has 104 valence electrons. The number of hydrogen-bond donors (Lipinski definition) is 1. The van der Waals surface area contributed by atoms with Gasteiger partial charge in [-0.05, 0) is 37.0 Å². The van der Waals surface area contributed by atoms with Crippen LogP contribution in [-0.4, -0.2) is 16.1 Å². The fourth-order valence-electron chi connectivity index (χ4n) is 3.50. The quantitative estimate of drug-likeness (QED) is 0.921. The zero-order chi connectivity index (χ0) is 13.4. The highest BCUT2D eigenvalue weighted by molar-refractivity contribution is 7.15. The number of fused-ring (bicyclic) bond motifs is 2. The first kappa shape index (κ1) is 13.0. The van der Waals surface area contributed by atoms with Crippen molar-refractivity contribution in [3.63, 3.8) is 0 Å². The molecule has 3 atom stereocenters. The van der Waals surface area contributed by atoms with Crippen LogP contribution in [-0.2, 0) is 11.2 Å². The summed E-state index contributed by atoms with van der Waals surface area (Å²) in [6.45, 7) is 4.32. The van der Waals surface area contributed by atoms with Crippen molar-refractivity contribution in [2.24, 2.45) is 23.7 Å². The lowest BCUT2D eigenvalue weighted by molar-refractivity contribution is -0.121. The Morgan fingerprint density at radius 2 is 2.21 bits per heavy atom. The van der Waals surface area contributed by atoms with E-state index in [1.165, 1.54) is 30.6 Å². The fourth-order valence-corrected chi connectivity index (χ4v) is 4.45. The summed E-state index contributed by atoms with van der Waals surface area (Å²) in [5, 5.41) is 12.9. The molecule has 0 radical (unpaired) electrons. The van der Waals surface area contributed by atoms with Gasteiger partial charge in [-0.1, -0.05) is 31.6 Å². The van der Waals surface area contributed by atoms with Crippen molar-refractivity contribution in [3.05, 3.63) is 5.01 Å². The third-order valence-corrected chi connectivity index (χ3v) is 5.22. The molecule has 0 spiro atoms. The maximum atomic E-state index is 12.3. The molecule has 4 nitrogen and oxygen atoms in total. The second-order valence-electron chi connectivity index (χ2n) is 6.37. The summed E-state index contributed by atoms with van der Waals surface area (Å²) in [6.07, 6.45) is 5.83. The SMILES string of the molecule is CC(C)Cc1nnc(NC(=O)C2CC3CCC2C3)s1. The van der Waals surface area contributed by atoms with Crippen LogP contribution in [0.4, 0.5) is 5.13 Å². The third-order valence-electron chi connectivity index (χ3n) is 4.35. The molecule has 3 unspecified atom stereocenters. The number of amides is 1. The topological polar surface area (TPSA) is 54.9 Å². The molecule has 1 N–H and O–H groups in total. The predicted octanol–water partition coefficient (Wildman–Crippen LogP) is 3.11. The van der Waals surface area contributed by atoms with Crippen molar-refractivity contribution in [3.8, 4) is 0 Å². The van der Waals surface area contributed by atoms with E-state index in [0.717, 1.165) is 23.8 Å². The van der Waals surface area contributed by atoms with Crippen LogP contribution in [0, 0.1) is 23.7 Å². The molecular weight excluding hydrogens is 258 g/mol. The van der Waals surface area contributed by atoms with E-state index < -0.39 is 0 Å². The highest BCUT2D eigenvalue weighted by Gasteiger charge is 2.43. The Morgan fingerprint density at radius 1 is 1.37 bits per heavy atom. The van der Waals surface area contributed by atoms with Crippen molar-refractivity contribution in [1.29, 1.82) is 0 Å². The first-order valence-electron chi connectivity index (χ1n) is 7.25. The van der Waals surface area contributed by atoms with Gasteiger partial charge < -0.3 is 5.32 Å². The van der Waals surface area contributed by atoms with Crippen molar-refractivity contribution < 1.29 is 4.79 Å². The van der Waals surface area contributed by atoms with Crippen LogP contribution in [0.5, 0.6) is 0 Å². The minimum atomic E-state index is 0.166. The van der Waals surface area contributed by atoms with Crippen LogP contribution < -0.4 is 5.32 Å². The number of nitrogens with zero attached hydrogens (tertiary/aromatic N) is 2. The Hall–Kier alpha value is -0.970. The molecule has 0 saturated heterocycles. The smallest absolute Gasteiger partial charge is 0.229 e. The number of rotatable bonds is 4. The largest absolute Gasteiger partial charge is 0.300 e. The van der Waals surface area contributed by atoms with E-state index in [9.17, 15) is 4.79 Å². The average Bonchev–Trinajstić information content (AvgIpc) is 3.04. The Balaban J connectivity index is 1.59. The summed E-state index contributed by atoms with van der Waals surface area (Å²) >= 11 is 1.51. The van der Waals surface area contributed by atoms with Crippen molar-refractivity contribution in [2.75, 3.05) is 5.32 Å². The summed E-state index contributed by atoms with van der Waals surface area (Å²) < 4.78 is 0. The normalized spacial score (nSPS) is 29.1. The second-order valence-corrected chi connectivity index (χ2v) is 7.43. The molecule has 2 bridgehead atoms. The van der Waals surface area contributed by atoms with Gasteiger partial charge in [0.15, 0.2) is 0 Å². The van der Waals surface area contributed by atoms with Crippen molar-refractivity contribution in [2.45, 2.75) is 46.0 Å². The van der Waals surface area contributed by atoms with Crippen molar-refractivity contribution >= 4 is 22.4 Å².